The third-order valence-electron chi connectivity index (χ3n) is 4.79. The molecule has 1 atom stereocenters. The summed E-state index contributed by atoms with van der Waals surface area (Å²) in [5, 5.41) is 0. The third kappa shape index (κ3) is 2.30. The van der Waals surface area contributed by atoms with Gasteiger partial charge in [-0.25, -0.2) is 0 Å². The zero-order valence-electron chi connectivity index (χ0n) is 13.7. The fourth-order valence-electron chi connectivity index (χ4n) is 3.30. The molecule has 2 N–H and O–H groups in total. The smallest absolute Gasteiger partial charge is 0.0502 e. The molecule has 0 bridgehead atoms. The van der Waals surface area contributed by atoms with E-state index in [0.717, 1.165) is 0 Å². The molecule has 3 aliphatic carbocycles. The number of nitrogens with two attached hydrogens (primary N) is 1. The van der Waals surface area contributed by atoms with Gasteiger partial charge in [-0.1, -0.05) is 76.3 Å². The van der Waals surface area contributed by atoms with E-state index in [1.807, 2.05) is 6.92 Å². The Bertz CT molecular complexity index is 613. The Morgan fingerprint density at radius 1 is 0.667 bits per heavy atom. The van der Waals surface area contributed by atoms with Crippen LogP contribution in [0.1, 0.15) is 34.6 Å². The minimum atomic E-state index is -0.370. The highest BCUT2D eigenvalue weighted by Crippen LogP contribution is 2.51. The summed E-state index contributed by atoms with van der Waals surface area (Å²) in [4.78, 5) is 0. The van der Waals surface area contributed by atoms with E-state index < -0.39 is 0 Å². The van der Waals surface area contributed by atoms with Gasteiger partial charge < -0.3 is 5.73 Å². The lowest BCUT2D eigenvalue weighted by molar-refractivity contribution is 0.571. The first-order valence-electron chi connectivity index (χ1n) is 7.68. The zero-order valence-corrected chi connectivity index (χ0v) is 13.7. The average molecular weight is 279 g/mol. The Kier molecular flexibility index (Phi) is 2.87. The van der Waals surface area contributed by atoms with E-state index in [2.05, 4.69) is 76.3 Å². The first-order chi connectivity index (χ1) is 9.62. The minimum absolute atomic E-state index is 0.0210. The minimum Gasteiger partial charge on any atom is -0.319 e. The fourth-order valence-corrected chi connectivity index (χ4v) is 3.30. The molecule has 110 valence electrons. The maximum atomic E-state index is 6.26. The van der Waals surface area contributed by atoms with Crippen molar-refractivity contribution < 1.29 is 0 Å². The maximum Gasteiger partial charge on any atom is 0.0502 e. The number of hydrogen-bond donors (Lipinski definition) is 1. The summed E-state index contributed by atoms with van der Waals surface area (Å²) < 4.78 is 0. The van der Waals surface area contributed by atoms with Crippen LogP contribution in [0.2, 0.25) is 0 Å². The predicted molar refractivity (Wildman–Crippen MR) is 90.8 cm³/mol. The van der Waals surface area contributed by atoms with Gasteiger partial charge in [0.05, 0.1) is 5.54 Å². The summed E-state index contributed by atoms with van der Waals surface area (Å²) in [6.07, 6.45) is 17.8. The van der Waals surface area contributed by atoms with Gasteiger partial charge in [0.1, 0.15) is 0 Å². The fraction of sp³-hybridized carbons (Fsp3) is 0.400. The van der Waals surface area contributed by atoms with Crippen molar-refractivity contribution in [1.82, 2.24) is 0 Å². The highest BCUT2D eigenvalue weighted by Gasteiger charge is 2.38. The molecular weight excluding hydrogens is 254 g/mol. The first-order valence-corrected chi connectivity index (χ1v) is 7.68. The van der Waals surface area contributed by atoms with Gasteiger partial charge in [0, 0.05) is 10.8 Å². The molecule has 0 saturated heterocycles. The molecule has 1 unspecified atom stereocenters. The maximum absolute atomic E-state index is 6.26. The summed E-state index contributed by atoms with van der Waals surface area (Å²) in [7, 11) is 0. The molecule has 0 heterocycles. The van der Waals surface area contributed by atoms with Crippen molar-refractivity contribution in [3.05, 3.63) is 70.9 Å². The Hall–Kier alpha value is -1.60. The van der Waals surface area contributed by atoms with E-state index in [9.17, 15) is 0 Å². The molecule has 21 heavy (non-hydrogen) atoms. The molecule has 1 nitrogen and oxygen atoms in total. The van der Waals surface area contributed by atoms with Crippen LogP contribution in [0.3, 0.4) is 0 Å². The van der Waals surface area contributed by atoms with Gasteiger partial charge >= 0.3 is 0 Å². The summed E-state index contributed by atoms with van der Waals surface area (Å²) >= 11 is 0. The lowest BCUT2D eigenvalue weighted by Crippen LogP contribution is -2.30. The Labute approximate surface area is 128 Å². The van der Waals surface area contributed by atoms with Crippen LogP contribution in [-0.2, 0) is 0 Å². The molecular formula is C20H25N. The highest BCUT2D eigenvalue weighted by molar-refractivity contribution is 5.68. The van der Waals surface area contributed by atoms with Crippen molar-refractivity contribution >= 4 is 0 Å². The second kappa shape index (κ2) is 4.20. The normalized spacial score (nSPS) is 32.1. The van der Waals surface area contributed by atoms with Gasteiger partial charge in [-0.15, -0.1) is 0 Å². The number of hydrogen-bond acceptors (Lipinski definition) is 1. The molecule has 0 aromatic heterocycles. The van der Waals surface area contributed by atoms with Crippen LogP contribution in [0, 0.1) is 10.8 Å². The summed E-state index contributed by atoms with van der Waals surface area (Å²) in [6.45, 7) is 11.1. The molecule has 0 aromatic carbocycles. The Balaban J connectivity index is 2.19. The van der Waals surface area contributed by atoms with Crippen molar-refractivity contribution in [3.8, 4) is 0 Å². The van der Waals surface area contributed by atoms with E-state index in [0.29, 0.717) is 0 Å². The summed E-state index contributed by atoms with van der Waals surface area (Å²) in [5.41, 5.74) is 11.5. The molecule has 1 heteroatoms. The quantitative estimate of drug-likeness (QED) is 0.688. The van der Waals surface area contributed by atoms with Gasteiger partial charge in [0.2, 0.25) is 0 Å². The molecule has 0 radical (unpaired) electrons. The Morgan fingerprint density at radius 2 is 1.10 bits per heavy atom. The molecule has 0 aromatic rings. The lowest BCUT2D eigenvalue weighted by Gasteiger charge is -2.25. The lowest BCUT2D eigenvalue weighted by atomic mass is 9.79. The van der Waals surface area contributed by atoms with Crippen LogP contribution in [0.15, 0.2) is 70.9 Å². The SMILES string of the molecule is CC1(C)C=CC2=C(C=C1)C(C)(C)C1=C2C=CC(C)(N)C=C1. The van der Waals surface area contributed by atoms with Gasteiger partial charge in [0.15, 0.2) is 0 Å². The highest BCUT2D eigenvalue weighted by atomic mass is 14.7. The molecule has 0 spiro atoms. The second-order valence-corrected chi connectivity index (χ2v) is 7.80. The summed E-state index contributed by atoms with van der Waals surface area (Å²) in [5.74, 6) is 0. The first kappa shape index (κ1) is 14.3. The number of fused-ring (bicyclic) bond motifs is 1. The topological polar surface area (TPSA) is 26.0 Å². The van der Waals surface area contributed by atoms with Crippen LogP contribution in [0.5, 0.6) is 0 Å². The molecule has 0 saturated carbocycles. The largest absolute Gasteiger partial charge is 0.319 e. The molecule has 0 aliphatic heterocycles. The van der Waals surface area contributed by atoms with E-state index in [4.69, 9.17) is 5.73 Å². The van der Waals surface area contributed by atoms with E-state index in [-0.39, 0.29) is 16.4 Å². The van der Waals surface area contributed by atoms with Crippen molar-refractivity contribution in [1.29, 1.82) is 0 Å². The third-order valence-corrected chi connectivity index (χ3v) is 4.79. The number of allylic oxidation sites excluding steroid dienone is 10. The average Bonchev–Trinajstić information content (AvgIpc) is 2.51. The standard InChI is InChI=1S/C20H25N/c1-18(2)10-6-14-15-7-12-20(5,21)13-9-17(15)19(3,4)16(14)8-11-18/h6-13H,21H2,1-5H3. The van der Waals surface area contributed by atoms with Crippen molar-refractivity contribution in [2.75, 3.05) is 0 Å². The van der Waals surface area contributed by atoms with Crippen molar-refractivity contribution in [2.45, 2.75) is 40.2 Å². The number of rotatable bonds is 0. The van der Waals surface area contributed by atoms with Crippen LogP contribution in [-0.4, -0.2) is 5.54 Å². The van der Waals surface area contributed by atoms with Crippen LogP contribution in [0.4, 0.5) is 0 Å². The molecule has 0 fully saturated rings. The predicted octanol–water partition coefficient (Wildman–Crippen LogP) is 4.62. The second-order valence-electron chi connectivity index (χ2n) is 7.80. The van der Waals surface area contributed by atoms with E-state index in [1.165, 1.54) is 22.3 Å². The van der Waals surface area contributed by atoms with Crippen molar-refractivity contribution in [3.63, 3.8) is 0 Å². The van der Waals surface area contributed by atoms with Gasteiger partial charge in [-0.2, -0.15) is 0 Å². The van der Waals surface area contributed by atoms with Gasteiger partial charge in [-0.05, 0) is 29.2 Å². The van der Waals surface area contributed by atoms with Crippen LogP contribution >= 0.6 is 0 Å². The van der Waals surface area contributed by atoms with E-state index >= 15 is 0 Å². The molecule has 0 amide bonds. The summed E-state index contributed by atoms with van der Waals surface area (Å²) in [6, 6.07) is 0. The van der Waals surface area contributed by atoms with Crippen LogP contribution < -0.4 is 5.73 Å². The van der Waals surface area contributed by atoms with E-state index in [1.54, 1.807) is 0 Å². The van der Waals surface area contributed by atoms with Crippen molar-refractivity contribution in [2.24, 2.45) is 16.6 Å². The van der Waals surface area contributed by atoms with Gasteiger partial charge in [0.25, 0.3) is 0 Å². The Morgan fingerprint density at radius 3 is 1.71 bits per heavy atom. The molecule has 3 aliphatic rings. The van der Waals surface area contributed by atoms with Crippen LogP contribution in [0.25, 0.3) is 0 Å². The van der Waals surface area contributed by atoms with Gasteiger partial charge in [-0.3, -0.25) is 0 Å². The zero-order chi connectivity index (χ0) is 15.5. The monoisotopic (exact) mass is 279 g/mol. The molecule has 3 rings (SSSR count).